The highest BCUT2D eigenvalue weighted by Gasteiger charge is 2.34. The molecular formula is C6H10Br2O2. The molecule has 1 rings (SSSR count). The maximum Gasteiger partial charge on any atom is 0.0934 e. The van der Waals surface area contributed by atoms with Crippen LogP contribution < -0.4 is 0 Å². The summed E-state index contributed by atoms with van der Waals surface area (Å²) in [4.78, 5) is 0.266. The van der Waals surface area contributed by atoms with Crippen molar-refractivity contribution in [1.82, 2.24) is 0 Å². The zero-order valence-corrected chi connectivity index (χ0v) is 8.55. The van der Waals surface area contributed by atoms with E-state index >= 15 is 0 Å². The van der Waals surface area contributed by atoms with Gasteiger partial charge in [0, 0.05) is 4.83 Å². The Hall–Kier alpha value is 0.880. The van der Waals surface area contributed by atoms with Crippen molar-refractivity contribution in [2.45, 2.75) is 34.7 Å². The minimum absolute atomic E-state index is 0.0174. The molecule has 10 heavy (non-hydrogen) atoms. The van der Waals surface area contributed by atoms with Crippen LogP contribution in [0.25, 0.3) is 0 Å². The fourth-order valence-corrected chi connectivity index (χ4v) is 2.28. The van der Waals surface area contributed by atoms with Gasteiger partial charge in [-0.25, -0.2) is 0 Å². The van der Waals surface area contributed by atoms with E-state index in [0.29, 0.717) is 6.42 Å². The molecule has 0 saturated heterocycles. The second-order valence-electron chi connectivity index (χ2n) is 2.60. The summed E-state index contributed by atoms with van der Waals surface area (Å²) in [6.07, 6.45) is 0.407. The molecule has 4 heteroatoms. The van der Waals surface area contributed by atoms with Gasteiger partial charge in [0.15, 0.2) is 0 Å². The average Bonchev–Trinajstić information content (AvgIpc) is 1.93. The summed E-state index contributed by atoms with van der Waals surface area (Å²) in [7, 11) is 0. The van der Waals surface area contributed by atoms with E-state index in [2.05, 4.69) is 31.9 Å². The van der Waals surface area contributed by atoms with E-state index in [-0.39, 0.29) is 9.65 Å². The van der Waals surface area contributed by atoms with Crippen LogP contribution in [0.3, 0.4) is 0 Å². The molecule has 0 aliphatic heterocycles. The van der Waals surface area contributed by atoms with Crippen molar-refractivity contribution in [2.24, 2.45) is 0 Å². The Morgan fingerprint density at radius 3 is 2.20 bits per heavy atom. The molecule has 1 aliphatic carbocycles. The van der Waals surface area contributed by atoms with Crippen LogP contribution in [0.1, 0.15) is 12.8 Å². The van der Waals surface area contributed by atoms with E-state index in [1.165, 1.54) is 0 Å². The van der Waals surface area contributed by atoms with Crippen molar-refractivity contribution >= 4 is 31.9 Å². The van der Waals surface area contributed by atoms with Gasteiger partial charge in [-0.05, 0) is 12.8 Å². The molecule has 1 saturated carbocycles. The Balaban J connectivity index is 2.52. The van der Waals surface area contributed by atoms with Crippen LogP contribution >= 0.6 is 31.9 Å². The van der Waals surface area contributed by atoms with Gasteiger partial charge in [0.25, 0.3) is 0 Å². The highest BCUT2D eigenvalue weighted by Crippen LogP contribution is 2.30. The van der Waals surface area contributed by atoms with Gasteiger partial charge in [-0.3, -0.25) is 0 Å². The molecule has 0 aromatic heterocycles. The fourth-order valence-electron chi connectivity index (χ4n) is 1.09. The Morgan fingerprint density at radius 1 is 1.10 bits per heavy atom. The molecular weight excluding hydrogens is 264 g/mol. The number of rotatable bonds is 0. The van der Waals surface area contributed by atoms with Crippen molar-refractivity contribution in [3.05, 3.63) is 0 Å². The molecule has 0 heterocycles. The fraction of sp³-hybridized carbons (Fsp3) is 1.00. The number of aliphatic hydroxyl groups is 2. The van der Waals surface area contributed by atoms with Crippen LogP contribution in [0.5, 0.6) is 0 Å². The summed E-state index contributed by atoms with van der Waals surface area (Å²) in [6.45, 7) is 0. The first kappa shape index (κ1) is 8.97. The van der Waals surface area contributed by atoms with Gasteiger partial charge in [0.1, 0.15) is 0 Å². The molecule has 0 bridgehead atoms. The van der Waals surface area contributed by atoms with Crippen LogP contribution in [0.2, 0.25) is 0 Å². The normalized spacial score (nSPS) is 49.2. The van der Waals surface area contributed by atoms with E-state index in [9.17, 15) is 5.11 Å². The highest BCUT2D eigenvalue weighted by molar-refractivity contribution is 9.12. The molecule has 2 unspecified atom stereocenters. The number of halogens is 2. The van der Waals surface area contributed by atoms with Crippen LogP contribution in [-0.2, 0) is 0 Å². The molecule has 2 N–H and O–H groups in total. The van der Waals surface area contributed by atoms with E-state index < -0.39 is 12.2 Å². The minimum Gasteiger partial charge on any atom is -0.390 e. The van der Waals surface area contributed by atoms with Crippen molar-refractivity contribution in [1.29, 1.82) is 0 Å². The summed E-state index contributed by atoms with van der Waals surface area (Å²) in [6, 6.07) is 0. The lowest BCUT2D eigenvalue weighted by molar-refractivity contribution is -0.000801. The third-order valence-corrected chi connectivity index (χ3v) is 4.72. The van der Waals surface area contributed by atoms with Gasteiger partial charge in [-0.15, -0.1) is 0 Å². The summed E-state index contributed by atoms with van der Waals surface area (Å²) in [5, 5.41) is 18.5. The average molecular weight is 274 g/mol. The number of hydrogen-bond donors (Lipinski definition) is 2. The third-order valence-electron chi connectivity index (χ3n) is 1.80. The molecule has 1 aliphatic rings. The molecule has 0 amide bonds. The highest BCUT2D eigenvalue weighted by atomic mass is 79.9. The Kier molecular flexibility index (Phi) is 3.16. The number of alkyl halides is 2. The molecule has 0 spiro atoms. The van der Waals surface area contributed by atoms with Gasteiger partial charge in [0.05, 0.1) is 17.0 Å². The maximum absolute atomic E-state index is 9.29. The minimum atomic E-state index is -0.627. The van der Waals surface area contributed by atoms with E-state index in [1.54, 1.807) is 0 Å². The number of aliphatic hydroxyl groups excluding tert-OH is 2. The molecule has 0 aromatic rings. The lowest BCUT2D eigenvalue weighted by atomic mass is 9.95. The molecule has 60 valence electrons. The first-order valence-corrected chi connectivity index (χ1v) is 5.10. The smallest absolute Gasteiger partial charge is 0.0934 e. The number of hydrogen-bond acceptors (Lipinski definition) is 2. The lowest BCUT2D eigenvalue weighted by Gasteiger charge is -2.31. The molecule has 0 radical (unpaired) electrons. The summed E-state index contributed by atoms with van der Waals surface area (Å²) < 4.78 is 0. The lowest BCUT2D eigenvalue weighted by Crippen LogP contribution is -2.43. The molecule has 1 fully saturated rings. The van der Waals surface area contributed by atoms with Gasteiger partial charge in [-0.1, -0.05) is 31.9 Å². The molecule has 4 atom stereocenters. The molecule has 2 nitrogen and oxygen atoms in total. The Bertz CT molecular complexity index is 106. The summed E-state index contributed by atoms with van der Waals surface area (Å²) in [5.41, 5.74) is 0. The SMILES string of the molecule is O[C@@H]1CCC(Br)C(Br)[C@H]1O. The maximum atomic E-state index is 9.29. The van der Waals surface area contributed by atoms with Crippen LogP contribution in [0, 0.1) is 0 Å². The van der Waals surface area contributed by atoms with Crippen molar-refractivity contribution < 1.29 is 10.2 Å². The Labute approximate surface area is 76.9 Å². The van der Waals surface area contributed by atoms with Crippen LogP contribution in [0.4, 0.5) is 0 Å². The predicted molar refractivity (Wildman–Crippen MR) is 46.7 cm³/mol. The van der Waals surface area contributed by atoms with Crippen LogP contribution in [-0.4, -0.2) is 32.1 Å². The van der Waals surface area contributed by atoms with Gasteiger partial charge in [-0.2, -0.15) is 0 Å². The topological polar surface area (TPSA) is 40.5 Å². The zero-order chi connectivity index (χ0) is 7.72. The zero-order valence-electron chi connectivity index (χ0n) is 5.37. The Morgan fingerprint density at radius 2 is 1.70 bits per heavy atom. The van der Waals surface area contributed by atoms with E-state index in [0.717, 1.165) is 6.42 Å². The second-order valence-corrected chi connectivity index (χ2v) is 4.83. The first-order valence-electron chi connectivity index (χ1n) is 3.27. The quantitative estimate of drug-likeness (QED) is 0.648. The summed E-state index contributed by atoms with van der Waals surface area (Å²) in [5.74, 6) is 0. The van der Waals surface area contributed by atoms with E-state index in [1.807, 2.05) is 0 Å². The van der Waals surface area contributed by atoms with Gasteiger partial charge in [0.2, 0.25) is 0 Å². The van der Waals surface area contributed by atoms with Crippen LogP contribution in [0.15, 0.2) is 0 Å². The summed E-state index contributed by atoms with van der Waals surface area (Å²) >= 11 is 6.71. The predicted octanol–water partition coefficient (Wildman–Crippen LogP) is 1.03. The monoisotopic (exact) mass is 272 g/mol. The van der Waals surface area contributed by atoms with Gasteiger partial charge < -0.3 is 10.2 Å². The van der Waals surface area contributed by atoms with Crippen molar-refractivity contribution in [2.75, 3.05) is 0 Å². The third kappa shape index (κ3) is 1.72. The van der Waals surface area contributed by atoms with Crippen molar-refractivity contribution in [3.63, 3.8) is 0 Å². The van der Waals surface area contributed by atoms with Crippen molar-refractivity contribution in [3.8, 4) is 0 Å². The largest absolute Gasteiger partial charge is 0.390 e. The standard InChI is InChI=1S/C6H10Br2O2/c7-3-1-2-4(9)6(10)5(3)8/h3-6,9-10H,1-2H2/t3?,4-,5?,6+/m1/s1. The second kappa shape index (κ2) is 3.52. The van der Waals surface area contributed by atoms with E-state index in [4.69, 9.17) is 5.11 Å². The first-order chi connectivity index (χ1) is 4.63. The van der Waals surface area contributed by atoms with Gasteiger partial charge >= 0.3 is 0 Å². The molecule has 0 aromatic carbocycles.